The Hall–Kier alpha value is -0.900. The highest BCUT2D eigenvalue weighted by molar-refractivity contribution is 5.14. The number of hydrogen-bond donors (Lipinski definition) is 1. The molecule has 1 saturated heterocycles. The Morgan fingerprint density at radius 1 is 1.17 bits per heavy atom. The van der Waals surface area contributed by atoms with Crippen LogP contribution in [0.2, 0.25) is 0 Å². The number of rotatable bonds is 3. The van der Waals surface area contributed by atoms with Gasteiger partial charge in [0.1, 0.15) is 0 Å². The van der Waals surface area contributed by atoms with Crippen molar-refractivity contribution < 1.29 is 9.47 Å². The molecule has 2 fully saturated rings. The molecule has 1 N–H and O–H groups in total. The second-order valence-electron chi connectivity index (χ2n) is 5.27. The third kappa shape index (κ3) is 2.74. The van der Waals surface area contributed by atoms with Crippen molar-refractivity contribution in [2.75, 3.05) is 13.2 Å². The molecule has 0 bridgehead atoms. The molecule has 1 aliphatic heterocycles. The van der Waals surface area contributed by atoms with E-state index < -0.39 is 0 Å². The maximum absolute atomic E-state index is 5.80. The van der Waals surface area contributed by atoms with Crippen LogP contribution in [0.5, 0.6) is 0 Å². The second kappa shape index (κ2) is 5.39. The van der Waals surface area contributed by atoms with E-state index in [1.807, 2.05) is 0 Å². The lowest BCUT2D eigenvalue weighted by atomic mass is 9.89. The molecule has 1 heterocycles. The minimum atomic E-state index is -0.271. The number of nitrogens with one attached hydrogen (secondary N) is 1. The van der Waals surface area contributed by atoms with Gasteiger partial charge in [0.05, 0.1) is 13.2 Å². The third-order valence-corrected chi connectivity index (χ3v) is 3.92. The molecule has 1 aromatic carbocycles. The normalized spacial score (nSPS) is 26.6. The molecule has 1 unspecified atom stereocenters. The Morgan fingerprint density at radius 3 is 2.72 bits per heavy atom. The van der Waals surface area contributed by atoms with Gasteiger partial charge in [-0.05, 0) is 18.4 Å². The van der Waals surface area contributed by atoms with E-state index in [-0.39, 0.29) is 5.79 Å². The molecule has 1 atom stereocenters. The zero-order chi connectivity index (χ0) is 12.3. The lowest BCUT2D eigenvalue weighted by molar-refractivity contribution is -0.181. The van der Waals surface area contributed by atoms with Gasteiger partial charge in [-0.3, -0.25) is 0 Å². The summed E-state index contributed by atoms with van der Waals surface area (Å²) in [6, 6.07) is 11.1. The molecule has 0 aromatic heterocycles. The first kappa shape index (κ1) is 12.2. The average Bonchev–Trinajstić information content (AvgIpc) is 2.86. The fraction of sp³-hybridized carbons (Fsp3) is 0.600. The maximum Gasteiger partial charge on any atom is 0.169 e. The van der Waals surface area contributed by atoms with Crippen LogP contribution in [0.3, 0.4) is 0 Å². The van der Waals surface area contributed by atoms with E-state index in [1.54, 1.807) is 0 Å². The van der Waals surface area contributed by atoms with Crippen molar-refractivity contribution >= 4 is 0 Å². The van der Waals surface area contributed by atoms with Crippen molar-refractivity contribution in [2.24, 2.45) is 0 Å². The Morgan fingerprint density at radius 2 is 1.94 bits per heavy atom. The minimum Gasteiger partial charge on any atom is -0.347 e. The van der Waals surface area contributed by atoms with Crippen LogP contribution in [0, 0.1) is 0 Å². The molecule has 1 saturated carbocycles. The summed E-state index contributed by atoms with van der Waals surface area (Å²) in [7, 11) is 0. The first-order valence-corrected chi connectivity index (χ1v) is 6.92. The Bertz CT molecular complexity index is 373. The molecule has 3 heteroatoms. The van der Waals surface area contributed by atoms with Crippen LogP contribution >= 0.6 is 0 Å². The van der Waals surface area contributed by atoms with Crippen LogP contribution in [0.15, 0.2) is 30.3 Å². The monoisotopic (exact) mass is 247 g/mol. The number of benzene rings is 1. The summed E-state index contributed by atoms with van der Waals surface area (Å²) >= 11 is 0. The van der Waals surface area contributed by atoms with Gasteiger partial charge in [-0.25, -0.2) is 0 Å². The molecule has 1 aliphatic carbocycles. The molecule has 2 aliphatic rings. The van der Waals surface area contributed by atoms with Crippen LogP contribution in [0.1, 0.15) is 31.2 Å². The molecular weight excluding hydrogens is 226 g/mol. The quantitative estimate of drug-likeness (QED) is 0.890. The van der Waals surface area contributed by atoms with Crippen molar-refractivity contribution in [1.29, 1.82) is 0 Å². The predicted molar refractivity (Wildman–Crippen MR) is 70.2 cm³/mol. The van der Waals surface area contributed by atoms with Crippen LogP contribution in [0.4, 0.5) is 0 Å². The summed E-state index contributed by atoms with van der Waals surface area (Å²) < 4.78 is 11.6. The largest absolute Gasteiger partial charge is 0.347 e. The smallest absolute Gasteiger partial charge is 0.169 e. The predicted octanol–water partition coefficient (Wildman–Crippen LogP) is 2.46. The van der Waals surface area contributed by atoms with Gasteiger partial charge >= 0.3 is 0 Å². The highest BCUT2D eigenvalue weighted by atomic mass is 16.7. The van der Waals surface area contributed by atoms with E-state index in [2.05, 4.69) is 35.6 Å². The highest BCUT2D eigenvalue weighted by Gasteiger charge is 2.41. The number of ether oxygens (including phenoxy) is 2. The topological polar surface area (TPSA) is 30.5 Å². The van der Waals surface area contributed by atoms with Gasteiger partial charge in [0.15, 0.2) is 5.79 Å². The van der Waals surface area contributed by atoms with Gasteiger partial charge in [-0.2, -0.15) is 0 Å². The summed E-state index contributed by atoms with van der Waals surface area (Å²) in [5, 5.41) is 3.63. The van der Waals surface area contributed by atoms with Gasteiger partial charge in [0, 0.05) is 25.4 Å². The summed E-state index contributed by atoms with van der Waals surface area (Å²) in [6.45, 7) is 2.44. The van der Waals surface area contributed by atoms with Crippen molar-refractivity contribution in [2.45, 2.75) is 44.1 Å². The summed E-state index contributed by atoms with van der Waals surface area (Å²) in [5.74, 6) is -0.271. The molecular formula is C15H21NO2. The zero-order valence-corrected chi connectivity index (χ0v) is 10.7. The summed E-state index contributed by atoms with van der Waals surface area (Å²) in [4.78, 5) is 0. The van der Waals surface area contributed by atoms with Crippen LogP contribution < -0.4 is 5.32 Å². The van der Waals surface area contributed by atoms with Gasteiger partial charge in [0.25, 0.3) is 0 Å². The van der Waals surface area contributed by atoms with E-state index >= 15 is 0 Å². The van der Waals surface area contributed by atoms with Crippen molar-refractivity contribution in [3.8, 4) is 0 Å². The van der Waals surface area contributed by atoms with E-state index in [0.29, 0.717) is 6.04 Å². The Balaban J connectivity index is 1.54. The molecule has 3 rings (SSSR count). The van der Waals surface area contributed by atoms with E-state index in [4.69, 9.17) is 9.47 Å². The lowest BCUT2D eigenvalue weighted by Crippen LogP contribution is -2.44. The van der Waals surface area contributed by atoms with Crippen LogP contribution in [-0.4, -0.2) is 25.0 Å². The highest BCUT2D eigenvalue weighted by Crippen LogP contribution is 2.35. The van der Waals surface area contributed by atoms with Gasteiger partial charge in [0.2, 0.25) is 0 Å². The van der Waals surface area contributed by atoms with Gasteiger partial charge in [-0.1, -0.05) is 30.3 Å². The maximum atomic E-state index is 5.80. The average molecular weight is 247 g/mol. The van der Waals surface area contributed by atoms with Crippen molar-refractivity contribution in [3.05, 3.63) is 35.9 Å². The minimum absolute atomic E-state index is 0.271. The molecule has 1 aromatic rings. The van der Waals surface area contributed by atoms with Crippen LogP contribution in [0.25, 0.3) is 0 Å². The molecule has 18 heavy (non-hydrogen) atoms. The molecule has 1 spiro atoms. The SMILES string of the molecule is c1ccc(CNC2CCCC3(C2)OCCO3)cc1. The molecule has 0 amide bonds. The summed E-state index contributed by atoms with van der Waals surface area (Å²) in [6.07, 6.45) is 4.45. The third-order valence-electron chi connectivity index (χ3n) is 3.92. The molecule has 98 valence electrons. The van der Waals surface area contributed by atoms with E-state index in [1.165, 1.54) is 18.4 Å². The van der Waals surface area contributed by atoms with Gasteiger partial charge in [-0.15, -0.1) is 0 Å². The fourth-order valence-electron chi connectivity index (χ4n) is 2.99. The zero-order valence-electron chi connectivity index (χ0n) is 10.7. The van der Waals surface area contributed by atoms with E-state index in [0.717, 1.165) is 32.6 Å². The first-order valence-electron chi connectivity index (χ1n) is 6.92. The second-order valence-corrected chi connectivity index (χ2v) is 5.27. The van der Waals surface area contributed by atoms with Crippen LogP contribution in [-0.2, 0) is 16.0 Å². The summed E-state index contributed by atoms with van der Waals surface area (Å²) in [5.41, 5.74) is 1.34. The molecule has 3 nitrogen and oxygen atoms in total. The van der Waals surface area contributed by atoms with Crippen molar-refractivity contribution in [3.63, 3.8) is 0 Å². The first-order chi connectivity index (χ1) is 8.86. The standard InChI is InChI=1S/C15H21NO2/c1-2-5-13(6-3-1)12-16-14-7-4-8-15(11-14)17-9-10-18-15/h1-3,5-6,14,16H,4,7-12H2. The van der Waals surface area contributed by atoms with Gasteiger partial charge < -0.3 is 14.8 Å². The van der Waals surface area contributed by atoms with E-state index in [9.17, 15) is 0 Å². The molecule has 0 radical (unpaired) electrons. The lowest BCUT2D eigenvalue weighted by Gasteiger charge is -2.36. The Labute approximate surface area is 108 Å². The number of hydrogen-bond acceptors (Lipinski definition) is 3. The fourth-order valence-corrected chi connectivity index (χ4v) is 2.99. The Kier molecular flexibility index (Phi) is 3.64. The van der Waals surface area contributed by atoms with Crippen molar-refractivity contribution in [1.82, 2.24) is 5.32 Å².